The van der Waals surface area contributed by atoms with Crippen LogP contribution in [0.4, 0.5) is 27.6 Å². The molecule has 2 aromatic rings. The smallest absolute Gasteiger partial charge is 0.422 e. The van der Waals surface area contributed by atoms with Crippen LogP contribution in [0.1, 0.15) is 10.4 Å². The molecule has 0 spiro atoms. The summed E-state index contributed by atoms with van der Waals surface area (Å²) >= 11 is 5.68. The van der Waals surface area contributed by atoms with E-state index in [0.29, 0.717) is 0 Å². The number of aromatic nitrogens is 1. The van der Waals surface area contributed by atoms with Gasteiger partial charge in [-0.3, -0.25) is 4.79 Å². The zero-order valence-electron chi connectivity index (χ0n) is 11.6. The van der Waals surface area contributed by atoms with Crippen LogP contribution < -0.4 is 10.1 Å². The summed E-state index contributed by atoms with van der Waals surface area (Å²) in [6.07, 6.45) is -3.71. The molecule has 1 heterocycles. The molecular weight excluding hydrogens is 359 g/mol. The molecule has 4 nitrogen and oxygen atoms in total. The number of hydrogen-bond acceptors (Lipinski definition) is 3. The average molecular weight is 367 g/mol. The molecule has 1 aromatic heterocycles. The van der Waals surface area contributed by atoms with Gasteiger partial charge in [0.2, 0.25) is 5.88 Å². The second kappa shape index (κ2) is 7.00. The van der Waals surface area contributed by atoms with E-state index in [4.69, 9.17) is 11.6 Å². The number of halogens is 6. The number of benzene rings is 1. The van der Waals surface area contributed by atoms with Crippen LogP contribution in [-0.2, 0) is 0 Å². The first-order valence-electron chi connectivity index (χ1n) is 6.28. The SMILES string of the molecule is O=C(Nc1c(F)cccc1F)c1cnc(OCC(F)(F)F)c(Cl)c1. The Morgan fingerprint density at radius 3 is 2.42 bits per heavy atom. The van der Waals surface area contributed by atoms with Gasteiger partial charge in [-0.05, 0) is 18.2 Å². The fourth-order valence-corrected chi connectivity index (χ4v) is 1.83. The summed E-state index contributed by atoms with van der Waals surface area (Å²) in [4.78, 5) is 15.4. The van der Waals surface area contributed by atoms with Crippen LogP contribution in [0.3, 0.4) is 0 Å². The minimum Gasteiger partial charge on any atom is -0.467 e. The molecule has 128 valence electrons. The highest BCUT2D eigenvalue weighted by Crippen LogP contribution is 2.26. The second-order valence-electron chi connectivity index (χ2n) is 4.47. The van der Waals surface area contributed by atoms with Gasteiger partial charge in [0.1, 0.15) is 22.3 Å². The van der Waals surface area contributed by atoms with Crippen molar-refractivity contribution in [1.82, 2.24) is 4.98 Å². The van der Waals surface area contributed by atoms with Gasteiger partial charge >= 0.3 is 6.18 Å². The van der Waals surface area contributed by atoms with Crippen LogP contribution >= 0.6 is 11.6 Å². The first-order valence-corrected chi connectivity index (χ1v) is 6.65. The van der Waals surface area contributed by atoms with Crippen molar-refractivity contribution in [3.05, 3.63) is 52.7 Å². The fraction of sp³-hybridized carbons (Fsp3) is 0.143. The van der Waals surface area contributed by atoms with Crippen LogP contribution in [0.5, 0.6) is 5.88 Å². The highest BCUT2D eigenvalue weighted by atomic mass is 35.5. The molecule has 0 saturated carbocycles. The van der Waals surface area contributed by atoms with Gasteiger partial charge in [0.25, 0.3) is 5.91 Å². The molecule has 0 bridgehead atoms. The molecular formula is C14H8ClF5N2O2. The van der Waals surface area contributed by atoms with E-state index in [1.54, 1.807) is 0 Å². The maximum absolute atomic E-state index is 13.5. The molecule has 1 N–H and O–H groups in total. The highest BCUT2D eigenvalue weighted by molar-refractivity contribution is 6.32. The Labute approximate surface area is 137 Å². The number of para-hydroxylation sites is 1. The molecule has 1 amide bonds. The Morgan fingerprint density at radius 2 is 1.88 bits per heavy atom. The van der Waals surface area contributed by atoms with E-state index in [9.17, 15) is 26.7 Å². The van der Waals surface area contributed by atoms with Crippen LogP contribution in [0.25, 0.3) is 0 Å². The Morgan fingerprint density at radius 1 is 1.25 bits per heavy atom. The third kappa shape index (κ3) is 4.54. The minimum absolute atomic E-state index is 0.220. The highest BCUT2D eigenvalue weighted by Gasteiger charge is 2.29. The van der Waals surface area contributed by atoms with E-state index in [1.165, 1.54) is 0 Å². The monoisotopic (exact) mass is 366 g/mol. The predicted molar refractivity (Wildman–Crippen MR) is 75.1 cm³/mol. The number of pyridine rings is 1. The number of rotatable bonds is 4. The van der Waals surface area contributed by atoms with Crippen LogP contribution in [0.15, 0.2) is 30.5 Å². The quantitative estimate of drug-likeness (QED) is 0.825. The Balaban J connectivity index is 2.15. The third-order valence-electron chi connectivity index (χ3n) is 2.64. The van der Waals surface area contributed by atoms with Crippen molar-refractivity contribution in [2.75, 3.05) is 11.9 Å². The zero-order chi connectivity index (χ0) is 17.9. The van der Waals surface area contributed by atoms with E-state index >= 15 is 0 Å². The number of hydrogen-bond donors (Lipinski definition) is 1. The lowest BCUT2D eigenvalue weighted by molar-refractivity contribution is -0.154. The van der Waals surface area contributed by atoms with Gasteiger partial charge in [-0.25, -0.2) is 13.8 Å². The molecule has 0 aliphatic rings. The number of carbonyl (C=O) groups excluding carboxylic acids is 1. The summed E-state index contributed by atoms with van der Waals surface area (Å²) in [5.74, 6) is -3.46. The largest absolute Gasteiger partial charge is 0.467 e. The van der Waals surface area contributed by atoms with E-state index in [-0.39, 0.29) is 10.6 Å². The van der Waals surface area contributed by atoms with Crippen LogP contribution in [0.2, 0.25) is 5.02 Å². The van der Waals surface area contributed by atoms with Gasteiger partial charge in [0, 0.05) is 6.20 Å². The summed E-state index contributed by atoms with van der Waals surface area (Å²) < 4.78 is 67.5. The van der Waals surface area contributed by atoms with Gasteiger partial charge in [0.05, 0.1) is 5.56 Å². The first-order chi connectivity index (χ1) is 11.2. The molecule has 10 heteroatoms. The van der Waals surface area contributed by atoms with E-state index in [1.807, 2.05) is 5.32 Å². The number of nitrogens with zero attached hydrogens (tertiary/aromatic N) is 1. The molecule has 24 heavy (non-hydrogen) atoms. The summed E-state index contributed by atoms with van der Waals surface area (Å²) in [6, 6.07) is 3.97. The Hall–Kier alpha value is -2.42. The predicted octanol–water partition coefficient (Wildman–Crippen LogP) is 4.21. The summed E-state index contributed by atoms with van der Waals surface area (Å²) in [5.41, 5.74) is -0.891. The van der Waals surface area contributed by atoms with E-state index < -0.39 is 41.9 Å². The molecule has 0 saturated heterocycles. The molecule has 1 aromatic carbocycles. The van der Waals surface area contributed by atoms with Crippen molar-refractivity contribution in [3.63, 3.8) is 0 Å². The zero-order valence-corrected chi connectivity index (χ0v) is 12.4. The first kappa shape index (κ1) is 17.9. The number of amides is 1. The molecule has 0 unspecified atom stereocenters. The van der Waals surface area contributed by atoms with Crippen LogP contribution in [-0.4, -0.2) is 23.7 Å². The third-order valence-corrected chi connectivity index (χ3v) is 2.91. The maximum Gasteiger partial charge on any atom is 0.422 e. The van der Waals surface area contributed by atoms with Gasteiger partial charge < -0.3 is 10.1 Å². The fourth-order valence-electron chi connectivity index (χ4n) is 1.61. The molecule has 0 aliphatic heterocycles. The lowest BCUT2D eigenvalue weighted by Crippen LogP contribution is -2.20. The van der Waals surface area contributed by atoms with E-state index in [2.05, 4.69) is 9.72 Å². The normalized spacial score (nSPS) is 11.2. The maximum atomic E-state index is 13.5. The van der Waals surface area contributed by atoms with Crippen molar-refractivity contribution in [3.8, 4) is 5.88 Å². The van der Waals surface area contributed by atoms with Crippen molar-refractivity contribution in [2.45, 2.75) is 6.18 Å². The molecule has 0 fully saturated rings. The van der Waals surface area contributed by atoms with Crippen molar-refractivity contribution in [2.24, 2.45) is 0 Å². The van der Waals surface area contributed by atoms with Crippen LogP contribution in [0, 0.1) is 11.6 Å². The number of nitrogens with one attached hydrogen (secondary N) is 1. The molecule has 0 aliphatic carbocycles. The van der Waals surface area contributed by atoms with Crippen molar-refractivity contribution < 1.29 is 31.5 Å². The number of anilines is 1. The topological polar surface area (TPSA) is 51.2 Å². The van der Waals surface area contributed by atoms with Gasteiger partial charge in [-0.1, -0.05) is 17.7 Å². The summed E-state index contributed by atoms with van der Waals surface area (Å²) in [7, 11) is 0. The molecule has 0 radical (unpaired) electrons. The minimum atomic E-state index is -4.58. The van der Waals surface area contributed by atoms with Crippen molar-refractivity contribution in [1.29, 1.82) is 0 Å². The standard InChI is InChI=1S/C14H8ClF5N2O2/c15-8-4-7(5-21-13(8)24-6-14(18,19)20)12(23)22-11-9(16)2-1-3-10(11)17/h1-5H,6H2,(H,22,23). The molecule has 0 atom stereocenters. The Bertz CT molecular complexity index is 747. The second-order valence-corrected chi connectivity index (χ2v) is 4.87. The lowest BCUT2D eigenvalue weighted by atomic mass is 10.2. The lowest BCUT2D eigenvalue weighted by Gasteiger charge is -2.11. The number of alkyl halides is 3. The number of ether oxygens (including phenoxy) is 1. The summed E-state index contributed by atoms with van der Waals surface area (Å²) in [5, 5.41) is 1.63. The Kier molecular flexibility index (Phi) is 5.23. The number of carbonyl (C=O) groups is 1. The van der Waals surface area contributed by atoms with Gasteiger partial charge in [0.15, 0.2) is 6.61 Å². The van der Waals surface area contributed by atoms with Gasteiger partial charge in [-0.15, -0.1) is 0 Å². The van der Waals surface area contributed by atoms with E-state index in [0.717, 1.165) is 30.5 Å². The van der Waals surface area contributed by atoms with Gasteiger partial charge in [-0.2, -0.15) is 13.2 Å². The van der Waals surface area contributed by atoms with Crippen molar-refractivity contribution >= 4 is 23.2 Å². The molecule has 2 rings (SSSR count). The average Bonchev–Trinajstić information content (AvgIpc) is 2.48. The summed E-state index contributed by atoms with van der Waals surface area (Å²) in [6.45, 7) is -1.61.